The minimum atomic E-state index is 0.0425. The van der Waals surface area contributed by atoms with Crippen LogP contribution in [-0.2, 0) is 4.79 Å². The third-order valence-corrected chi connectivity index (χ3v) is 3.34. The number of rotatable bonds is 6. The Hall–Kier alpha value is -0.870. The van der Waals surface area contributed by atoms with Gasteiger partial charge in [0.05, 0.1) is 6.04 Å². The fourth-order valence-electron chi connectivity index (χ4n) is 1.73. The Morgan fingerprint density at radius 2 is 1.94 bits per heavy atom. The molecule has 1 aromatic rings. The molecule has 0 spiro atoms. The lowest BCUT2D eigenvalue weighted by Crippen LogP contribution is -2.26. The van der Waals surface area contributed by atoms with E-state index in [1.807, 2.05) is 38.1 Å². The summed E-state index contributed by atoms with van der Waals surface area (Å²) in [4.78, 5) is 11.7. The van der Waals surface area contributed by atoms with Crippen molar-refractivity contribution in [3.8, 4) is 0 Å². The van der Waals surface area contributed by atoms with Gasteiger partial charge in [-0.3, -0.25) is 4.79 Å². The van der Waals surface area contributed by atoms with Crippen LogP contribution in [0.15, 0.2) is 28.7 Å². The molecule has 3 N–H and O–H groups in total. The van der Waals surface area contributed by atoms with Crippen molar-refractivity contribution in [1.82, 2.24) is 5.32 Å². The third-order valence-electron chi connectivity index (χ3n) is 2.81. The fraction of sp³-hybridized carbons (Fsp3) is 0.500. The van der Waals surface area contributed by atoms with Crippen molar-refractivity contribution in [2.45, 2.75) is 45.2 Å². The van der Waals surface area contributed by atoms with Gasteiger partial charge in [-0.2, -0.15) is 0 Å². The zero-order valence-corrected chi connectivity index (χ0v) is 12.5. The van der Waals surface area contributed by atoms with Gasteiger partial charge in [0.1, 0.15) is 0 Å². The van der Waals surface area contributed by atoms with E-state index in [-0.39, 0.29) is 18.0 Å². The number of amides is 1. The van der Waals surface area contributed by atoms with Gasteiger partial charge < -0.3 is 11.1 Å². The lowest BCUT2D eigenvalue weighted by Gasteiger charge is -2.14. The number of nitrogens with two attached hydrogens (primary N) is 1. The number of carbonyl (C=O) groups excluding carboxylic acids is 1. The lowest BCUT2D eigenvalue weighted by molar-refractivity contribution is -0.121. The van der Waals surface area contributed by atoms with Crippen molar-refractivity contribution >= 4 is 21.8 Å². The van der Waals surface area contributed by atoms with Crippen LogP contribution in [0, 0.1) is 0 Å². The summed E-state index contributed by atoms with van der Waals surface area (Å²) in [5.41, 5.74) is 6.76. The molecule has 0 saturated carbocycles. The van der Waals surface area contributed by atoms with E-state index in [4.69, 9.17) is 5.73 Å². The Morgan fingerprint density at radius 1 is 1.33 bits per heavy atom. The van der Waals surface area contributed by atoms with Crippen molar-refractivity contribution in [1.29, 1.82) is 0 Å². The van der Waals surface area contributed by atoms with Gasteiger partial charge in [0.2, 0.25) is 5.91 Å². The van der Waals surface area contributed by atoms with Crippen molar-refractivity contribution in [3.05, 3.63) is 34.3 Å². The number of carbonyl (C=O) groups is 1. The summed E-state index contributed by atoms with van der Waals surface area (Å²) in [7, 11) is 0. The highest BCUT2D eigenvalue weighted by Gasteiger charge is 2.09. The highest BCUT2D eigenvalue weighted by molar-refractivity contribution is 9.10. The smallest absolute Gasteiger partial charge is 0.220 e. The van der Waals surface area contributed by atoms with Crippen LogP contribution in [0.4, 0.5) is 0 Å². The van der Waals surface area contributed by atoms with Crippen LogP contribution in [0.5, 0.6) is 0 Å². The van der Waals surface area contributed by atoms with Gasteiger partial charge in [-0.1, -0.05) is 28.1 Å². The zero-order chi connectivity index (χ0) is 13.5. The van der Waals surface area contributed by atoms with Crippen LogP contribution in [0.25, 0.3) is 0 Å². The minimum Gasteiger partial charge on any atom is -0.350 e. The Balaban J connectivity index is 2.37. The van der Waals surface area contributed by atoms with Gasteiger partial charge in [-0.05, 0) is 44.4 Å². The molecule has 18 heavy (non-hydrogen) atoms. The van der Waals surface area contributed by atoms with E-state index in [0.29, 0.717) is 6.42 Å². The van der Waals surface area contributed by atoms with Gasteiger partial charge in [0, 0.05) is 16.9 Å². The molecule has 1 amide bonds. The fourth-order valence-corrected chi connectivity index (χ4v) is 2.00. The number of hydrogen-bond acceptors (Lipinski definition) is 2. The highest BCUT2D eigenvalue weighted by atomic mass is 79.9. The van der Waals surface area contributed by atoms with E-state index in [2.05, 4.69) is 21.2 Å². The quantitative estimate of drug-likeness (QED) is 0.847. The van der Waals surface area contributed by atoms with E-state index >= 15 is 0 Å². The first-order valence-electron chi connectivity index (χ1n) is 6.29. The predicted octanol–water partition coefficient (Wildman–Crippen LogP) is 3.14. The van der Waals surface area contributed by atoms with Crippen molar-refractivity contribution in [2.24, 2.45) is 5.73 Å². The second-order valence-electron chi connectivity index (χ2n) is 4.71. The van der Waals surface area contributed by atoms with Crippen molar-refractivity contribution in [2.75, 3.05) is 0 Å². The van der Waals surface area contributed by atoms with Crippen LogP contribution < -0.4 is 11.1 Å². The zero-order valence-electron chi connectivity index (χ0n) is 10.9. The first-order valence-corrected chi connectivity index (χ1v) is 7.08. The highest BCUT2D eigenvalue weighted by Crippen LogP contribution is 2.16. The second-order valence-corrected chi connectivity index (χ2v) is 5.63. The van der Waals surface area contributed by atoms with Crippen molar-refractivity contribution < 1.29 is 4.79 Å². The summed E-state index contributed by atoms with van der Waals surface area (Å²) in [6.45, 7) is 3.95. The molecule has 1 rings (SSSR count). The summed E-state index contributed by atoms with van der Waals surface area (Å²) in [5.74, 6) is 0.0890. The van der Waals surface area contributed by atoms with Gasteiger partial charge in [-0.25, -0.2) is 0 Å². The number of hydrogen-bond donors (Lipinski definition) is 2. The van der Waals surface area contributed by atoms with Crippen LogP contribution in [0.1, 0.15) is 44.7 Å². The van der Waals surface area contributed by atoms with E-state index < -0.39 is 0 Å². The van der Waals surface area contributed by atoms with Crippen LogP contribution in [0.2, 0.25) is 0 Å². The van der Waals surface area contributed by atoms with Crippen LogP contribution >= 0.6 is 15.9 Å². The Labute approximate surface area is 117 Å². The van der Waals surface area contributed by atoms with Crippen LogP contribution in [-0.4, -0.2) is 11.9 Å². The van der Waals surface area contributed by atoms with Crippen LogP contribution in [0.3, 0.4) is 0 Å². The molecule has 1 aromatic carbocycles. The maximum atomic E-state index is 11.7. The topological polar surface area (TPSA) is 55.1 Å². The van der Waals surface area contributed by atoms with Gasteiger partial charge in [-0.15, -0.1) is 0 Å². The number of halogens is 1. The molecule has 3 nitrogen and oxygen atoms in total. The van der Waals surface area contributed by atoms with Gasteiger partial charge >= 0.3 is 0 Å². The largest absolute Gasteiger partial charge is 0.350 e. The maximum absolute atomic E-state index is 11.7. The molecule has 0 aliphatic carbocycles. The molecule has 0 radical (unpaired) electrons. The summed E-state index contributed by atoms with van der Waals surface area (Å²) < 4.78 is 1.04. The number of nitrogens with one attached hydrogen (secondary N) is 1. The maximum Gasteiger partial charge on any atom is 0.220 e. The molecule has 0 bridgehead atoms. The van der Waals surface area contributed by atoms with Gasteiger partial charge in [0.25, 0.3) is 0 Å². The molecule has 4 heteroatoms. The van der Waals surface area contributed by atoms with E-state index in [9.17, 15) is 4.79 Å². The Kier molecular flexibility index (Phi) is 6.36. The molecule has 0 heterocycles. The standard InChI is InChI=1S/C14H21BrN2O/c1-10(16)4-3-5-14(18)17-11(2)12-6-8-13(15)9-7-12/h6-11H,3-5,16H2,1-2H3,(H,17,18)/t10?,11-/m1/s1. The lowest BCUT2D eigenvalue weighted by atomic mass is 10.1. The first-order chi connectivity index (χ1) is 8.49. The third kappa shape index (κ3) is 5.65. The number of benzene rings is 1. The molecule has 2 atom stereocenters. The van der Waals surface area contributed by atoms with E-state index in [1.165, 1.54) is 0 Å². The van der Waals surface area contributed by atoms with Gasteiger partial charge in [0.15, 0.2) is 0 Å². The second kappa shape index (κ2) is 7.54. The normalized spacial score (nSPS) is 14.0. The molecular weight excluding hydrogens is 292 g/mol. The average molecular weight is 313 g/mol. The Bertz CT molecular complexity index is 376. The monoisotopic (exact) mass is 312 g/mol. The summed E-state index contributed by atoms with van der Waals surface area (Å²) >= 11 is 3.39. The minimum absolute atomic E-state index is 0.0425. The summed E-state index contributed by atoms with van der Waals surface area (Å²) in [6, 6.07) is 8.19. The molecule has 1 unspecified atom stereocenters. The molecule has 0 aromatic heterocycles. The molecule has 100 valence electrons. The molecule has 0 aliphatic heterocycles. The summed E-state index contributed by atoms with van der Waals surface area (Å²) in [6.07, 6.45) is 2.28. The van der Waals surface area contributed by atoms with E-state index in [1.54, 1.807) is 0 Å². The average Bonchev–Trinajstić information content (AvgIpc) is 2.29. The SMILES string of the molecule is CC(N)CCCC(=O)N[C@H](C)c1ccc(Br)cc1. The predicted molar refractivity (Wildman–Crippen MR) is 78.2 cm³/mol. The summed E-state index contributed by atoms with van der Waals surface area (Å²) in [5, 5.41) is 2.99. The molecule has 0 aliphatic rings. The molecule has 0 fully saturated rings. The Morgan fingerprint density at radius 3 is 2.50 bits per heavy atom. The first kappa shape index (κ1) is 15.2. The molecular formula is C14H21BrN2O. The van der Waals surface area contributed by atoms with E-state index in [0.717, 1.165) is 22.9 Å². The molecule has 0 saturated heterocycles. The van der Waals surface area contributed by atoms with Crippen molar-refractivity contribution in [3.63, 3.8) is 0 Å².